The topological polar surface area (TPSA) is 90.9 Å². The van der Waals surface area contributed by atoms with Crippen LogP contribution in [0.1, 0.15) is 74.7 Å². The third kappa shape index (κ3) is 21.0. The summed E-state index contributed by atoms with van der Waals surface area (Å²) in [6.45, 7) is 24.7. The summed E-state index contributed by atoms with van der Waals surface area (Å²) in [5.41, 5.74) is -0.276. The number of rotatable bonds is 21. The predicted octanol–water partition coefficient (Wildman–Crippen LogP) is 5.95. The van der Waals surface area contributed by atoms with E-state index in [4.69, 9.17) is 36.0 Å². The first kappa shape index (κ1) is 39.2. The highest BCUT2D eigenvalue weighted by Gasteiger charge is 2.44. The minimum atomic E-state index is -2.80. The molecule has 0 aliphatic rings. The van der Waals surface area contributed by atoms with Crippen molar-refractivity contribution >= 4 is 23.6 Å². The fourth-order valence-corrected chi connectivity index (χ4v) is 8.30. The molecule has 0 rings (SSSR count). The molecule has 0 radical (unpaired) electrons. The van der Waals surface area contributed by atoms with Crippen LogP contribution in [0.2, 0.25) is 12.6 Å². The van der Waals surface area contributed by atoms with Crippen molar-refractivity contribution in [2.45, 2.75) is 98.9 Å². The number of esters is 1. The van der Waals surface area contributed by atoms with Gasteiger partial charge in [0, 0.05) is 52.8 Å². The van der Waals surface area contributed by atoms with E-state index in [0.29, 0.717) is 39.5 Å². The molecule has 0 bridgehead atoms. The molecule has 2 unspecified atom stereocenters. The second-order valence-electron chi connectivity index (χ2n) is 9.37. The van der Waals surface area contributed by atoms with E-state index in [1.54, 1.807) is 7.11 Å². The summed E-state index contributed by atoms with van der Waals surface area (Å²) in [5.74, 6) is -0.413. The van der Waals surface area contributed by atoms with Crippen LogP contribution in [0, 0.1) is 0 Å². The van der Waals surface area contributed by atoms with E-state index in [1.165, 1.54) is 6.08 Å². The van der Waals surface area contributed by atoms with E-state index in [1.807, 2.05) is 67.5 Å². The van der Waals surface area contributed by atoms with Crippen molar-refractivity contribution in [1.29, 1.82) is 0 Å². The number of hydrogen-bond acceptors (Lipinski definition) is 9. The SMILES string of the molecule is C=CC(=O)OC(C=CC)CC[Si](C)(OCCCCOC)OC(C)(C)C.CCO[Si](OCC)(OCC)OCC. The van der Waals surface area contributed by atoms with Crippen molar-refractivity contribution in [2.24, 2.45) is 0 Å². The Bertz CT molecular complexity index is 597. The van der Waals surface area contributed by atoms with Crippen molar-refractivity contribution in [2.75, 3.05) is 46.8 Å². The first-order valence-electron chi connectivity index (χ1n) is 13.7. The molecule has 0 aromatic heterocycles. The maximum atomic E-state index is 11.5. The summed E-state index contributed by atoms with van der Waals surface area (Å²) in [6.07, 6.45) is 7.24. The minimum Gasteiger partial charge on any atom is -0.455 e. The van der Waals surface area contributed by atoms with E-state index in [0.717, 1.165) is 25.5 Å². The predicted molar refractivity (Wildman–Crippen MR) is 156 cm³/mol. The van der Waals surface area contributed by atoms with Crippen LogP contribution in [0.25, 0.3) is 0 Å². The van der Waals surface area contributed by atoms with Crippen LogP contribution in [-0.4, -0.2) is 82.0 Å². The summed E-state index contributed by atoms with van der Waals surface area (Å²) < 4.78 is 44.6. The molecule has 0 aliphatic carbocycles. The fourth-order valence-electron chi connectivity index (χ4n) is 3.40. The summed E-state index contributed by atoms with van der Waals surface area (Å²) in [6, 6.07) is 0.744. The number of unbranched alkanes of at least 4 members (excludes halogenated alkanes) is 1. The van der Waals surface area contributed by atoms with Gasteiger partial charge >= 0.3 is 23.6 Å². The monoisotopic (exact) mass is 580 g/mol. The van der Waals surface area contributed by atoms with Gasteiger partial charge in [0.15, 0.2) is 0 Å². The highest BCUT2D eigenvalue weighted by atomic mass is 28.4. The molecule has 226 valence electrons. The van der Waals surface area contributed by atoms with Gasteiger partial charge in [-0.15, -0.1) is 0 Å². The summed E-state index contributed by atoms with van der Waals surface area (Å²) in [4.78, 5) is 11.5. The molecular formula is C27H56O9Si2. The zero-order valence-electron chi connectivity index (χ0n) is 25.8. The molecule has 0 saturated carbocycles. The first-order valence-corrected chi connectivity index (χ1v) is 17.9. The summed E-state index contributed by atoms with van der Waals surface area (Å²) >= 11 is 0. The van der Waals surface area contributed by atoms with E-state index in [-0.39, 0.29) is 11.7 Å². The van der Waals surface area contributed by atoms with E-state index < -0.39 is 23.6 Å². The van der Waals surface area contributed by atoms with Crippen molar-refractivity contribution < 1.29 is 40.8 Å². The van der Waals surface area contributed by atoms with Gasteiger partial charge in [-0.3, -0.25) is 0 Å². The Hall–Kier alpha value is -0.896. The summed E-state index contributed by atoms with van der Waals surface area (Å²) in [7, 11) is -3.48. The van der Waals surface area contributed by atoms with Gasteiger partial charge in [-0.05, 0) is 93.3 Å². The van der Waals surface area contributed by atoms with Gasteiger partial charge in [-0.25, -0.2) is 4.79 Å². The number of carbonyl (C=O) groups excluding carboxylic acids is 1. The molecule has 0 fully saturated rings. The molecule has 9 nitrogen and oxygen atoms in total. The Balaban J connectivity index is 0. The molecule has 11 heteroatoms. The lowest BCUT2D eigenvalue weighted by atomic mass is 10.2. The smallest absolute Gasteiger partial charge is 0.455 e. The molecule has 0 aromatic rings. The van der Waals surface area contributed by atoms with Crippen LogP contribution in [0.4, 0.5) is 0 Å². The van der Waals surface area contributed by atoms with E-state index in [9.17, 15) is 4.79 Å². The summed E-state index contributed by atoms with van der Waals surface area (Å²) in [5, 5.41) is 0. The highest BCUT2D eigenvalue weighted by Crippen LogP contribution is 2.25. The van der Waals surface area contributed by atoms with Gasteiger partial charge in [0.2, 0.25) is 0 Å². The molecule has 0 heterocycles. The molecule has 38 heavy (non-hydrogen) atoms. The number of carbonyl (C=O) groups is 1. The quantitative estimate of drug-likeness (QED) is 0.0537. The first-order chi connectivity index (χ1) is 17.9. The maximum Gasteiger partial charge on any atom is 0.679 e. The maximum absolute atomic E-state index is 11.5. The fraction of sp³-hybridized carbons (Fsp3) is 0.815. The number of ether oxygens (including phenoxy) is 2. The van der Waals surface area contributed by atoms with Crippen LogP contribution < -0.4 is 0 Å². The Kier molecular flexibility index (Phi) is 23.6. The van der Waals surface area contributed by atoms with E-state index in [2.05, 4.69) is 13.1 Å². The van der Waals surface area contributed by atoms with Crippen molar-refractivity contribution in [3.63, 3.8) is 0 Å². The van der Waals surface area contributed by atoms with Gasteiger partial charge < -0.3 is 36.0 Å². The van der Waals surface area contributed by atoms with Gasteiger partial charge in [-0.2, -0.15) is 0 Å². The Morgan fingerprint density at radius 1 is 0.895 bits per heavy atom. The lowest BCUT2D eigenvalue weighted by Crippen LogP contribution is -2.49. The molecule has 0 amide bonds. The number of allylic oxidation sites excluding steroid dienone is 1. The molecule has 2 atom stereocenters. The van der Waals surface area contributed by atoms with Gasteiger partial charge in [0.05, 0.1) is 5.60 Å². The van der Waals surface area contributed by atoms with E-state index >= 15 is 0 Å². The van der Waals surface area contributed by atoms with Crippen LogP contribution in [0.3, 0.4) is 0 Å². The van der Waals surface area contributed by atoms with Gasteiger partial charge in [0.1, 0.15) is 6.10 Å². The molecular weight excluding hydrogens is 524 g/mol. The standard InChI is InChI=1S/C19H36O5Si.C8H20O4Si/c1-8-12-17(23-18(20)9-2)13-16-25(7,24-19(3,4)5)22-15-11-10-14-21-6;1-5-9-13(10-6-2,11-7-3)12-8-4/h8-9,12,17H,2,10-11,13-16H2,1,3-7H3;5-8H2,1-4H3. The van der Waals surface area contributed by atoms with Crippen LogP contribution in [0.15, 0.2) is 24.8 Å². The van der Waals surface area contributed by atoms with Gasteiger partial charge in [0.25, 0.3) is 0 Å². The lowest BCUT2D eigenvalue weighted by Gasteiger charge is -2.35. The largest absolute Gasteiger partial charge is 0.679 e. The van der Waals surface area contributed by atoms with Crippen molar-refractivity contribution in [3.05, 3.63) is 24.8 Å². The average molecular weight is 581 g/mol. The second-order valence-corrected chi connectivity index (χ2v) is 14.8. The zero-order valence-corrected chi connectivity index (χ0v) is 27.8. The van der Waals surface area contributed by atoms with Crippen molar-refractivity contribution in [3.8, 4) is 0 Å². The zero-order chi connectivity index (χ0) is 29.5. The highest BCUT2D eigenvalue weighted by molar-refractivity contribution is 6.66. The minimum absolute atomic E-state index is 0.276. The lowest BCUT2D eigenvalue weighted by molar-refractivity contribution is -0.141. The molecule has 0 aromatic carbocycles. The Morgan fingerprint density at radius 2 is 1.39 bits per heavy atom. The van der Waals surface area contributed by atoms with Crippen LogP contribution in [0.5, 0.6) is 0 Å². The second kappa shape index (κ2) is 22.9. The molecule has 0 aliphatic heterocycles. The Labute approximate surface area is 234 Å². The van der Waals surface area contributed by atoms with Gasteiger partial charge in [-0.1, -0.05) is 12.7 Å². The normalized spacial score (nSPS) is 14.5. The van der Waals surface area contributed by atoms with Crippen LogP contribution >= 0.6 is 0 Å². The number of methoxy groups -OCH3 is 1. The third-order valence-corrected chi connectivity index (χ3v) is 10.3. The average Bonchev–Trinajstić information content (AvgIpc) is 2.82. The number of hydrogen-bond donors (Lipinski definition) is 0. The van der Waals surface area contributed by atoms with Crippen molar-refractivity contribution in [1.82, 2.24) is 0 Å². The molecule has 0 N–H and O–H groups in total. The Morgan fingerprint density at radius 3 is 1.79 bits per heavy atom. The van der Waals surface area contributed by atoms with Crippen LogP contribution in [-0.2, 0) is 40.8 Å². The molecule has 0 spiro atoms. The third-order valence-electron chi connectivity index (χ3n) is 4.68. The molecule has 0 saturated heterocycles.